The largest absolute Gasteiger partial charge is 0.370 e. The van der Waals surface area contributed by atoms with E-state index in [4.69, 9.17) is 9.73 Å². The summed E-state index contributed by atoms with van der Waals surface area (Å²) in [5, 5.41) is 14.3. The number of nitro benzene ring substituents is 1. The number of benzene rings is 2. The average Bonchev–Trinajstić information content (AvgIpc) is 2.72. The lowest BCUT2D eigenvalue weighted by atomic mass is 10.0. The maximum atomic E-state index is 11.0. The molecule has 1 N–H and O–H groups in total. The molecule has 2 aromatic rings. The molecule has 0 radical (unpaired) electrons. The maximum absolute atomic E-state index is 11.0. The van der Waals surface area contributed by atoms with Crippen molar-refractivity contribution in [1.29, 1.82) is 0 Å². The molecule has 1 unspecified atom stereocenters. The van der Waals surface area contributed by atoms with Crippen LogP contribution in [-0.4, -0.2) is 42.0 Å². The average molecular weight is 382 g/mol. The molecule has 28 heavy (non-hydrogen) atoms. The van der Waals surface area contributed by atoms with Crippen LogP contribution in [0.5, 0.6) is 0 Å². The van der Waals surface area contributed by atoms with Gasteiger partial charge in [-0.2, -0.15) is 0 Å². The van der Waals surface area contributed by atoms with Crippen LogP contribution in [0, 0.1) is 17.0 Å². The van der Waals surface area contributed by atoms with Crippen LogP contribution in [0.4, 0.5) is 5.69 Å². The lowest BCUT2D eigenvalue weighted by Crippen LogP contribution is -2.48. The topological polar surface area (TPSA) is 80.0 Å². The van der Waals surface area contributed by atoms with Gasteiger partial charge in [0.1, 0.15) is 6.10 Å². The van der Waals surface area contributed by atoms with E-state index in [0.29, 0.717) is 19.7 Å². The number of nitro groups is 1. The molecule has 0 aromatic heterocycles. The molecule has 0 amide bonds. The quantitative estimate of drug-likeness (QED) is 0.371. The summed E-state index contributed by atoms with van der Waals surface area (Å²) >= 11 is 0. The van der Waals surface area contributed by atoms with Gasteiger partial charge >= 0.3 is 0 Å². The molecule has 3 rings (SSSR count). The molecule has 7 nitrogen and oxygen atoms in total. The Balaban J connectivity index is 1.75. The van der Waals surface area contributed by atoms with Crippen LogP contribution in [0.3, 0.4) is 0 Å². The third-order valence-electron chi connectivity index (χ3n) is 4.77. The zero-order valence-electron chi connectivity index (χ0n) is 16.3. The van der Waals surface area contributed by atoms with Crippen LogP contribution < -0.4 is 5.32 Å². The van der Waals surface area contributed by atoms with Gasteiger partial charge in [0, 0.05) is 25.2 Å². The third-order valence-corrected chi connectivity index (χ3v) is 4.77. The Morgan fingerprint density at radius 1 is 1.32 bits per heavy atom. The molecule has 148 valence electrons. The van der Waals surface area contributed by atoms with Crippen molar-refractivity contribution < 1.29 is 9.66 Å². The zero-order chi connectivity index (χ0) is 19.9. The maximum Gasteiger partial charge on any atom is 0.269 e. The van der Waals surface area contributed by atoms with Gasteiger partial charge in [-0.15, -0.1) is 0 Å². The predicted octanol–water partition coefficient (Wildman–Crippen LogP) is 3.44. The monoisotopic (exact) mass is 382 g/mol. The van der Waals surface area contributed by atoms with Crippen LogP contribution in [0.2, 0.25) is 0 Å². The summed E-state index contributed by atoms with van der Waals surface area (Å²) in [6.45, 7) is 7.35. The molecule has 1 aliphatic rings. The normalized spacial score (nSPS) is 17.4. The van der Waals surface area contributed by atoms with E-state index < -0.39 is 0 Å². The molecule has 1 fully saturated rings. The van der Waals surface area contributed by atoms with Gasteiger partial charge in [0.05, 0.1) is 24.6 Å². The van der Waals surface area contributed by atoms with Crippen molar-refractivity contribution >= 4 is 11.6 Å². The van der Waals surface area contributed by atoms with E-state index in [-0.39, 0.29) is 16.7 Å². The number of nitrogens with one attached hydrogen (secondary N) is 1. The Bertz CT molecular complexity index is 853. The fourth-order valence-electron chi connectivity index (χ4n) is 3.34. The summed E-state index contributed by atoms with van der Waals surface area (Å²) in [4.78, 5) is 17.5. The lowest BCUT2D eigenvalue weighted by Gasteiger charge is -2.35. The summed E-state index contributed by atoms with van der Waals surface area (Å²) in [6.07, 6.45) is -0.00313. The second kappa shape index (κ2) is 9.32. The molecule has 0 bridgehead atoms. The van der Waals surface area contributed by atoms with Crippen LogP contribution in [0.15, 0.2) is 53.5 Å². The first-order valence-corrected chi connectivity index (χ1v) is 9.52. The number of ether oxygens (including phenoxy) is 1. The van der Waals surface area contributed by atoms with Gasteiger partial charge in [0.25, 0.3) is 5.69 Å². The van der Waals surface area contributed by atoms with Gasteiger partial charge in [0.2, 0.25) is 0 Å². The number of guanidine groups is 1. The van der Waals surface area contributed by atoms with E-state index in [1.165, 1.54) is 17.2 Å². The van der Waals surface area contributed by atoms with E-state index in [1.807, 2.05) is 25.1 Å². The molecule has 0 aliphatic carbocycles. The SMILES string of the molecule is CCNC(=NCc1cccc([N+](=O)[O-])c1)N1CCOC(c2ccccc2C)C1. The molecule has 1 aliphatic heterocycles. The number of morpholine rings is 1. The van der Waals surface area contributed by atoms with Crippen molar-refractivity contribution in [3.63, 3.8) is 0 Å². The van der Waals surface area contributed by atoms with Crippen LogP contribution in [0.1, 0.15) is 29.7 Å². The molecule has 0 spiro atoms. The Kier molecular flexibility index (Phi) is 6.60. The number of nitrogens with zero attached hydrogens (tertiary/aromatic N) is 3. The van der Waals surface area contributed by atoms with Gasteiger partial charge in [-0.3, -0.25) is 10.1 Å². The molecular weight excluding hydrogens is 356 g/mol. The van der Waals surface area contributed by atoms with Gasteiger partial charge < -0.3 is 15.0 Å². The Morgan fingerprint density at radius 2 is 2.14 bits per heavy atom. The van der Waals surface area contributed by atoms with E-state index in [9.17, 15) is 10.1 Å². The van der Waals surface area contributed by atoms with Gasteiger partial charge in [0.15, 0.2) is 5.96 Å². The van der Waals surface area contributed by atoms with Gasteiger partial charge in [-0.25, -0.2) is 4.99 Å². The van der Waals surface area contributed by atoms with Crippen molar-refractivity contribution in [2.45, 2.75) is 26.5 Å². The predicted molar refractivity (Wildman–Crippen MR) is 109 cm³/mol. The van der Waals surface area contributed by atoms with Crippen LogP contribution >= 0.6 is 0 Å². The summed E-state index contributed by atoms with van der Waals surface area (Å²) in [7, 11) is 0. The van der Waals surface area contributed by atoms with Crippen molar-refractivity contribution in [2.24, 2.45) is 4.99 Å². The molecule has 7 heteroatoms. The van der Waals surface area contributed by atoms with Crippen molar-refractivity contribution in [3.05, 3.63) is 75.3 Å². The first kappa shape index (κ1) is 19.8. The highest BCUT2D eigenvalue weighted by Gasteiger charge is 2.25. The fourth-order valence-corrected chi connectivity index (χ4v) is 3.34. The highest BCUT2D eigenvalue weighted by molar-refractivity contribution is 5.80. The number of aliphatic imine (C=N–C) groups is 1. The van der Waals surface area contributed by atoms with Crippen molar-refractivity contribution in [3.8, 4) is 0 Å². The minimum Gasteiger partial charge on any atom is -0.370 e. The highest BCUT2D eigenvalue weighted by Crippen LogP contribution is 2.25. The van der Waals surface area contributed by atoms with E-state index in [2.05, 4.69) is 29.3 Å². The Hall–Kier alpha value is -2.93. The number of aryl methyl sites for hydroxylation is 1. The standard InChI is InChI=1S/C21H26N4O3/c1-3-22-21(23-14-17-8-6-9-18(13-17)25(26)27)24-11-12-28-20(15-24)19-10-5-4-7-16(19)2/h4-10,13,20H,3,11-12,14-15H2,1-2H3,(H,22,23). The first-order chi connectivity index (χ1) is 13.6. The zero-order valence-corrected chi connectivity index (χ0v) is 16.3. The number of hydrogen-bond acceptors (Lipinski definition) is 4. The number of hydrogen-bond donors (Lipinski definition) is 1. The van der Waals surface area contributed by atoms with E-state index in [1.54, 1.807) is 12.1 Å². The van der Waals surface area contributed by atoms with E-state index >= 15 is 0 Å². The highest BCUT2D eigenvalue weighted by atomic mass is 16.6. The van der Waals surface area contributed by atoms with E-state index in [0.717, 1.165) is 24.6 Å². The minimum atomic E-state index is -0.382. The summed E-state index contributed by atoms with van der Waals surface area (Å²) in [5.41, 5.74) is 3.31. The first-order valence-electron chi connectivity index (χ1n) is 9.52. The smallest absolute Gasteiger partial charge is 0.269 e. The second-order valence-electron chi connectivity index (χ2n) is 6.76. The molecule has 2 aromatic carbocycles. The second-order valence-corrected chi connectivity index (χ2v) is 6.76. The van der Waals surface area contributed by atoms with Crippen molar-refractivity contribution in [2.75, 3.05) is 26.2 Å². The summed E-state index contributed by atoms with van der Waals surface area (Å²) in [5.74, 6) is 0.802. The summed E-state index contributed by atoms with van der Waals surface area (Å²) < 4.78 is 6.01. The van der Waals surface area contributed by atoms with Crippen molar-refractivity contribution in [1.82, 2.24) is 10.2 Å². The molecule has 1 saturated heterocycles. The minimum absolute atomic E-state index is 0.00313. The van der Waals surface area contributed by atoms with Crippen LogP contribution in [0.25, 0.3) is 0 Å². The number of rotatable bonds is 5. The molecule has 1 heterocycles. The van der Waals surface area contributed by atoms with Gasteiger partial charge in [-0.1, -0.05) is 36.4 Å². The third kappa shape index (κ3) is 4.86. The number of non-ortho nitro benzene ring substituents is 1. The molecule has 0 saturated carbocycles. The fraction of sp³-hybridized carbons (Fsp3) is 0.381. The Labute approximate surface area is 165 Å². The Morgan fingerprint density at radius 3 is 2.89 bits per heavy atom. The molecule has 1 atom stereocenters. The summed E-state index contributed by atoms with van der Waals surface area (Å²) in [6, 6.07) is 14.9. The molecular formula is C21H26N4O3. The van der Waals surface area contributed by atoms with Gasteiger partial charge in [-0.05, 0) is 30.5 Å². The van der Waals surface area contributed by atoms with Crippen LogP contribution in [-0.2, 0) is 11.3 Å². The lowest BCUT2D eigenvalue weighted by molar-refractivity contribution is -0.384.